The van der Waals surface area contributed by atoms with Gasteiger partial charge in [-0.15, -0.1) is 0 Å². The van der Waals surface area contributed by atoms with Crippen LogP contribution in [0.25, 0.3) is 0 Å². The molecule has 4 N–H and O–H groups in total. The SMILES string of the molecule is CN(C)S(=O)(=O)CCNC(=O)C1C=CC(Cc2ccc(Cl)cc2)(C(N)=O)C(=O)N1CCO. The van der Waals surface area contributed by atoms with E-state index in [0.29, 0.717) is 10.6 Å². The zero-order valence-corrected chi connectivity index (χ0v) is 19.4. The van der Waals surface area contributed by atoms with E-state index in [1.54, 1.807) is 24.3 Å². The summed E-state index contributed by atoms with van der Waals surface area (Å²) in [5.74, 6) is -2.58. The molecule has 1 heterocycles. The topological polar surface area (TPSA) is 150 Å². The first-order valence-electron chi connectivity index (χ1n) is 9.78. The smallest absolute Gasteiger partial charge is 0.246 e. The van der Waals surface area contributed by atoms with Gasteiger partial charge in [0.25, 0.3) is 0 Å². The summed E-state index contributed by atoms with van der Waals surface area (Å²) in [5, 5.41) is 12.4. The van der Waals surface area contributed by atoms with Gasteiger partial charge in [0.1, 0.15) is 11.5 Å². The van der Waals surface area contributed by atoms with Crippen LogP contribution in [0, 0.1) is 5.41 Å². The van der Waals surface area contributed by atoms with Crippen LogP contribution in [0.1, 0.15) is 5.56 Å². The van der Waals surface area contributed by atoms with Crippen molar-refractivity contribution in [3.8, 4) is 0 Å². The number of rotatable bonds is 10. The number of hydrogen-bond donors (Lipinski definition) is 3. The Bertz CT molecular complexity index is 996. The van der Waals surface area contributed by atoms with Gasteiger partial charge in [-0.3, -0.25) is 14.4 Å². The molecule has 0 saturated carbocycles. The summed E-state index contributed by atoms with van der Waals surface area (Å²) in [4.78, 5) is 39.5. The van der Waals surface area contributed by atoms with Crippen molar-refractivity contribution in [2.45, 2.75) is 12.5 Å². The minimum atomic E-state index is -3.52. The number of primary amides is 1. The van der Waals surface area contributed by atoms with E-state index in [1.807, 2.05) is 0 Å². The molecule has 0 aromatic heterocycles. The van der Waals surface area contributed by atoms with Crippen molar-refractivity contribution in [2.24, 2.45) is 11.1 Å². The number of carbonyl (C=O) groups excluding carboxylic acids is 3. The second kappa shape index (κ2) is 10.4. The fourth-order valence-electron chi connectivity index (χ4n) is 3.31. The Kier molecular flexibility index (Phi) is 8.41. The maximum Gasteiger partial charge on any atom is 0.246 e. The molecule has 2 unspecified atom stereocenters. The van der Waals surface area contributed by atoms with Crippen molar-refractivity contribution >= 4 is 39.3 Å². The van der Waals surface area contributed by atoms with E-state index < -0.39 is 45.8 Å². The Balaban J connectivity index is 2.28. The summed E-state index contributed by atoms with van der Waals surface area (Å²) in [5.41, 5.74) is 4.50. The molecule has 1 aliphatic rings. The number of halogens is 1. The molecule has 12 heteroatoms. The maximum absolute atomic E-state index is 13.3. The lowest BCUT2D eigenvalue weighted by Crippen LogP contribution is -2.60. The average Bonchev–Trinajstić information content (AvgIpc) is 2.72. The molecule has 1 aliphatic heterocycles. The van der Waals surface area contributed by atoms with E-state index in [9.17, 15) is 27.9 Å². The third-order valence-electron chi connectivity index (χ3n) is 5.20. The lowest BCUT2D eigenvalue weighted by molar-refractivity contribution is -0.152. The number of sulfonamides is 1. The molecule has 10 nitrogen and oxygen atoms in total. The number of benzene rings is 1. The van der Waals surface area contributed by atoms with Gasteiger partial charge in [0.2, 0.25) is 27.7 Å². The molecule has 2 atom stereocenters. The van der Waals surface area contributed by atoms with Crippen LogP contribution < -0.4 is 11.1 Å². The van der Waals surface area contributed by atoms with E-state index in [1.165, 1.54) is 26.2 Å². The summed E-state index contributed by atoms with van der Waals surface area (Å²) in [6.45, 7) is -0.836. The van der Waals surface area contributed by atoms with Crippen LogP contribution >= 0.6 is 11.6 Å². The first-order valence-corrected chi connectivity index (χ1v) is 11.8. The summed E-state index contributed by atoms with van der Waals surface area (Å²) in [7, 11) is -0.754. The number of nitrogens with zero attached hydrogens (tertiary/aromatic N) is 2. The lowest BCUT2D eigenvalue weighted by atomic mass is 9.76. The molecule has 32 heavy (non-hydrogen) atoms. The van der Waals surface area contributed by atoms with Crippen molar-refractivity contribution in [1.82, 2.24) is 14.5 Å². The summed E-state index contributed by atoms with van der Waals surface area (Å²) in [6.07, 6.45) is 2.63. The molecule has 2 rings (SSSR count). The highest BCUT2D eigenvalue weighted by Crippen LogP contribution is 2.33. The maximum atomic E-state index is 13.3. The molecule has 1 aromatic carbocycles. The second-order valence-corrected chi connectivity index (χ2v) is 10.3. The largest absolute Gasteiger partial charge is 0.395 e. The number of β-amino-alcohol motifs (C(OH)–C–C–N with tert-alkyl or cyclic N) is 1. The van der Waals surface area contributed by atoms with E-state index >= 15 is 0 Å². The van der Waals surface area contributed by atoms with Gasteiger partial charge in [0, 0.05) is 32.2 Å². The third kappa shape index (κ3) is 5.66. The Morgan fingerprint density at radius 2 is 1.91 bits per heavy atom. The normalized spacial score (nSPS) is 21.1. The zero-order valence-electron chi connectivity index (χ0n) is 17.8. The van der Waals surface area contributed by atoms with Gasteiger partial charge < -0.3 is 21.1 Å². The molecule has 3 amide bonds. The Morgan fingerprint density at radius 1 is 1.28 bits per heavy atom. The van der Waals surface area contributed by atoms with E-state index in [2.05, 4.69) is 5.32 Å². The van der Waals surface area contributed by atoms with Crippen molar-refractivity contribution in [3.05, 3.63) is 47.0 Å². The number of aliphatic hydroxyl groups excluding tert-OH is 1. The summed E-state index contributed by atoms with van der Waals surface area (Å²) < 4.78 is 24.8. The molecular formula is C20H27ClN4O6S. The number of nitrogens with two attached hydrogens (primary N) is 1. The van der Waals surface area contributed by atoms with Gasteiger partial charge in [-0.25, -0.2) is 12.7 Å². The van der Waals surface area contributed by atoms with Gasteiger partial charge in [0.05, 0.1) is 12.4 Å². The monoisotopic (exact) mass is 486 g/mol. The molecule has 0 bridgehead atoms. The molecule has 176 valence electrons. The predicted octanol–water partition coefficient (Wildman–Crippen LogP) is -0.879. The second-order valence-electron chi connectivity index (χ2n) is 7.55. The van der Waals surface area contributed by atoms with Crippen LogP contribution in [0.2, 0.25) is 5.02 Å². The van der Waals surface area contributed by atoms with Crippen LogP contribution in [0.5, 0.6) is 0 Å². The Hall–Kier alpha value is -2.47. The van der Waals surface area contributed by atoms with Gasteiger partial charge in [0.15, 0.2) is 0 Å². The molecule has 0 fully saturated rings. The fraction of sp³-hybridized carbons (Fsp3) is 0.450. The van der Waals surface area contributed by atoms with Gasteiger partial charge >= 0.3 is 0 Å². The molecule has 0 radical (unpaired) electrons. The van der Waals surface area contributed by atoms with Crippen molar-refractivity contribution in [3.63, 3.8) is 0 Å². The Morgan fingerprint density at radius 3 is 2.44 bits per heavy atom. The van der Waals surface area contributed by atoms with Gasteiger partial charge in [-0.1, -0.05) is 35.9 Å². The van der Waals surface area contributed by atoms with E-state index in [-0.39, 0.29) is 25.3 Å². The van der Waals surface area contributed by atoms with Gasteiger partial charge in [-0.2, -0.15) is 0 Å². The zero-order chi connectivity index (χ0) is 24.1. The predicted molar refractivity (Wildman–Crippen MR) is 119 cm³/mol. The number of hydrogen-bond acceptors (Lipinski definition) is 6. The van der Waals surface area contributed by atoms with Crippen LogP contribution in [-0.2, 0) is 30.8 Å². The minimum Gasteiger partial charge on any atom is -0.395 e. The highest BCUT2D eigenvalue weighted by atomic mass is 35.5. The Labute approximate surface area is 192 Å². The minimum absolute atomic E-state index is 0.0494. The molecule has 0 saturated heterocycles. The average molecular weight is 487 g/mol. The number of amides is 3. The van der Waals surface area contributed by atoms with Crippen LogP contribution in [0.15, 0.2) is 36.4 Å². The summed E-state index contributed by atoms with van der Waals surface area (Å²) >= 11 is 5.89. The van der Waals surface area contributed by atoms with E-state index in [0.717, 1.165) is 9.21 Å². The van der Waals surface area contributed by atoms with Crippen LogP contribution in [0.3, 0.4) is 0 Å². The quantitative estimate of drug-likeness (QED) is 0.289. The highest BCUT2D eigenvalue weighted by Gasteiger charge is 2.49. The van der Waals surface area contributed by atoms with Crippen molar-refractivity contribution in [2.75, 3.05) is 39.5 Å². The molecule has 1 aromatic rings. The molecule has 0 spiro atoms. The van der Waals surface area contributed by atoms with Gasteiger partial charge in [-0.05, 0) is 24.1 Å². The summed E-state index contributed by atoms with van der Waals surface area (Å²) in [6, 6.07) is 5.43. The lowest BCUT2D eigenvalue weighted by Gasteiger charge is -2.40. The number of nitrogens with one attached hydrogen (secondary N) is 1. The van der Waals surface area contributed by atoms with E-state index in [4.69, 9.17) is 17.3 Å². The fourth-order valence-corrected chi connectivity index (χ4v) is 4.17. The first-order chi connectivity index (χ1) is 14.9. The van der Waals surface area contributed by atoms with Crippen LogP contribution in [-0.4, -0.2) is 86.0 Å². The molecular weight excluding hydrogens is 460 g/mol. The van der Waals surface area contributed by atoms with Crippen LogP contribution in [0.4, 0.5) is 0 Å². The standard InChI is InChI=1S/C20H27ClN4O6S/c1-24(2)32(30,31)12-9-23-17(27)16-7-8-20(18(22)28,19(29)25(16)10-11-26)13-14-3-5-15(21)6-4-14/h3-8,16,26H,9-13H2,1-2H3,(H2,22,28)(H,23,27). The first kappa shape index (κ1) is 25.8. The molecule has 0 aliphatic carbocycles. The van der Waals surface area contributed by atoms with Crippen molar-refractivity contribution < 1.29 is 27.9 Å². The van der Waals surface area contributed by atoms with Crippen molar-refractivity contribution in [1.29, 1.82) is 0 Å². The number of aliphatic hydroxyl groups is 1. The highest BCUT2D eigenvalue weighted by molar-refractivity contribution is 7.89. The third-order valence-corrected chi connectivity index (χ3v) is 7.29. The number of carbonyl (C=O) groups is 3.